The Kier molecular flexibility index (Phi) is 4.65. The number of hydrogen-bond donors (Lipinski definition) is 0. The highest BCUT2D eigenvalue weighted by molar-refractivity contribution is 6.29. The molecule has 146 valence electrons. The van der Waals surface area contributed by atoms with E-state index in [1.54, 1.807) is 4.42 Å². The molecule has 1 saturated carbocycles. The minimum Gasteiger partial charge on any atom is -0.429 e. The molecule has 6 nitrogen and oxygen atoms in total. The van der Waals surface area contributed by atoms with Crippen LogP contribution < -0.4 is 0 Å². The fourth-order valence-electron chi connectivity index (χ4n) is 4.39. The first kappa shape index (κ1) is 18.2. The van der Waals surface area contributed by atoms with Crippen LogP contribution in [0.25, 0.3) is 5.69 Å². The van der Waals surface area contributed by atoms with Crippen molar-refractivity contribution in [1.82, 2.24) is 24.2 Å². The lowest BCUT2D eigenvalue weighted by atomic mass is 9.81. The van der Waals surface area contributed by atoms with Crippen molar-refractivity contribution < 1.29 is 4.42 Å². The molecular weight excluding hydrogens is 397 g/mol. The van der Waals surface area contributed by atoms with Gasteiger partial charge in [0.15, 0.2) is 11.7 Å². The van der Waals surface area contributed by atoms with E-state index in [-0.39, 0.29) is 0 Å². The van der Waals surface area contributed by atoms with E-state index in [1.807, 2.05) is 13.0 Å². The average molecular weight is 418 g/mol. The van der Waals surface area contributed by atoms with Crippen molar-refractivity contribution in [2.24, 2.45) is 0 Å². The second-order valence-corrected chi connectivity index (χ2v) is 8.50. The van der Waals surface area contributed by atoms with Gasteiger partial charge in [0.05, 0.1) is 17.9 Å². The molecule has 0 N–H and O–H groups in total. The zero-order chi connectivity index (χ0) is 19.3. The van der Waals surface area contributed by atoms with E-state index in [1.165, 1.54) is 5.56 Å². The van der Waals surface area contributed by atoms with E-state index < -0.39 is 0 Å². The van der Waals surface area contributed by atoms with Gasteiger partial charge in [-0.3, -0.25) is 4.57 Å². The maximum absolute atomic E-state index is 6.40. The van der Waals surface area contributed by atoms with Gasteiger partial charge >= 0.3 is 0 Å². The molecule has 5 rings (SSSR count). The molecule has 8 heteroatoms. The second-order valence-electron chi connectivity index (χ2n) is 7.68. The van der Waals surface area contributed by atoms with Gasteiger partial charge in [0.2, 0.25) is 5.22 Å². The summed E-state index contributed by atoms with van der Waals surface area (Å²) in [6, 6.07) is 8.36. The molecule has 0 amide bonds. The van der Waals surface area contributed by atoms with Gasteiger partial charge in [0, 0.05) is 18.4 Å². The largest absolute Gasteiger partial charge is 0.429 e. The molecule has 0 radical (unpaired) electrons. The van der Waals surface area contributed by atoms with E-state index >= 15 is 0 Å². The molecule has 3 heterocycles. The number of hydrogen-bond acceptors (Lipinski definition) is 5. The number of para-hydroxylation sites is 1. The highest BCUT2D eigenvalue weighted by Crippen LogP contribution is 2.41. The van der Waals surface area contributed by atoms with E-state index in [0.717, 1.165) is 54.6 Å². The van der Waals surface area contributed by atoms with Crippen molar-refractivity contribution in [3.8, 4) is 5.69 Å². The minimum atomic E-state index is 0.319. The Balaban J connectivity index is 1.43. The number of aryl methyl sites for hydroxylation is 1. The number of nitrogens with zero attached hydrogens (tertiary/aromatic N) is 5. The first-order chi connectivity index (χ1) is 13.6. The Labute approximate surface area is 173 Å². The van der Waals surface area contributed by atoms with Crippen LogP contribution in [0.1, 0.15) is 66.3 Å². The smallest absolute Gasteiger partial charge is 0.216 e. The molecule has 3 aromatic rings. The topological polar surface area (TPSA) is 60.0 Å². The maximum Gasteiger partial charge on any atom is 0.216 e. The molecule has 1 aromatic carbocycles. The zero-order valence-electron chi connectivity index (χ0n) is 15.6. The summed E-state index contributed by atoms with van der Waals surface area (Å²) in [4.78, 5) is 4.49. The highest BCUT2D eigenvalue weighted by Gasteiger charge is 2.32. The normalized spacial score (nSPS) is 22.5. The number of fused-ring (bicyclic) bond motifs is 3. The SMILES string of the molecule is Cc1nc(C2CCC(c3nnc4n3-c3ccccc3CN(Cl)C4)CC2)oc1Cl. The molecule has 0 bridgehead atoms. The van der Waals surface area contributed by atoms with Gasteiger partial charge in [-0.1, -0.05) is 18.2 Å². The van der Waals surface area contributed by atoms with Gasteiger partial charge in [0.25, 0.3) is 0 Å². The average Bonchev–Trinajstić information content (AvgIpc) is 3.21. The lowest BCUT2D eigenvalue weighted by molar-refractivity contribution is 0.331. The molecule has 0 spiro atoms. The highest BCUT2D eigenvalue weighted by atomic mass is 35.5. The fraction of sp³-hybridized carbons (Fsp3) is 0.450. The van der Waals surface area contributed by atoms with Crippen LogP contribution in [0.5, 0.6) is 0 Å². The number of oxazole rings is 1. The Hall–Kier alpha value is -1.89. The van der Waals surface area contributed by atoms with Gasteiger partial charge in [-0.2, -0.15) is 0 Å². The Morgan fingerprint density at radius 3 is 2.54 bits per heavy atom. The summed E-state index contributed by atoms with van der Waals surface area (Å²) in [5, 5.41) is 9.46. The molecular formula is C20H21Cl2N5O. The standard InChI is InChI=1S/C20H21Cl2N5O/c1-12-18(21)28-20(23-12)14-8-6-13(7-9-14)19-25-24-17-11-26(22)10-15-4-2-3-5-16(15)27(17)19/h2-5,13-14H,6-11H2,1H3. The number of benzene rings is 1. The van der Waals surface area contributed by atoms with Crippen LogP contribution >= 0.6 is 23.4 Å². The number of rotatable bonds is 2. The van der Waals surface area contributed by atoms with Crippen LogP contribution in [-0.2, 0) is 13.1 Å². The number of aromatic nitrogens is 4. The van der Waals surface area contributed by atoms with Crippen LogP contribution in [0.4, 0.5) is 0 Å². The monoisotopic (exact) mass is 417 g/mol. The minimum absolute atomic E-state index is 0.319. The van der Waals surface area contributed by atoms with Gasteiger partial charge < -0.3 is 4.42 Å². The fourth-order valence-corrected chi connectivity index (χ4v) is 4.74. The molecule has 1 fully saturated rings. The molecule has 0 atom stereocenters. The quantitative estimate of drug-likeness (QED) is 0.540. The first-order valence-electron chi connectivity index (χ1n) is 9.66. The van der Waals surface area contributed by atoms with E-state index in [9.17, 15) is 0 Å². The molecule has 2 aliphatic rings. The summed E-state index contributed by atoms with van der Waals surface area (Å²) in [5.74, 6) is 3.38. The van der Waals surface area contributed by atoms with Crippen LogP contribution in [0.3, 0.4) is 0 Å². The van der Waals surface area contributed by atoms with Crippen LogP contribution in [0.15, 0.2) is 28.7 Å². The van der Waals surface area contributed by atoms with Crippen molar-refractivity contribution in [3.05, 3.63) is 58.3 Å². The Bertz CT molecular complexity index is 986. The summed E-state index contributed by atoms with van der Waals surface area (Å²) in [7, 11) is 0. The molecule has 0 unspecified atom stereocenters. The Morgan fingerprint density at radius 1 is 1.04 bits per heavy atom. The van der Waals surface area contributed by atoms with E-state index in [0.29, 0.717) is 30.1 Å². The van der Waals surface area contributed by atoms with Crippen LogP contribution in [0.2, 0.25) is 5.22 Å². The van der Waals surface area contributed by atoms with Gasteiger partial charge in [0.1, 0.15) is 5.82 Å². The number of halogens is 2. The van der Waals surface area contributed by atoms with Gasteiger partial charge in [-0.15, -0.1) is 10.2 Å². The predicted molar refractivity (Wildman–Crippen MR) is 107 cm³/mol. The van der Waals surface area contributed by atoms with E-state index in [2.05, 4.69) is 37.9 Å². The van der Waals surface area contributed by atoms with Crippen molar-refractivity contribution in [1.29, 1.82) is 0 Å². The summed E-state index contributed by atoms with van der Waals surface area (Å²) < 4.78 is 9.63. The lowest BCUT2D eigenvalue weighted by Gasteiger charge is -2.26. The predicted octanol–water partition coefficient (Wildman–Crippen LogP) is 5.13. The molecule has 0 saturated heterocycles. The third-order valence-electron chi connectivity index (χ3n) is 5.84. The van der Waals surface area contributed by atoms with Crippen molar-refractivity contribution in [2.45, 2.75) is 57.5 Å². The molecule has 1 aliphatic carbocycles. The lowest BCUT2D eigenvalue weighted by Crippen LogP contribution is -2.17. The second kappa shape index (κ2) is 7.17. The third-order valence-corrected chi connectivity index (χ3v) is 6.43. The maximum atomic E-state index is 6.40. The van der Waals surface area contributed by atoms with E-state index in [4.69, 9.17) is 27.8 Å². The van der Waals surface area contributed by atoms with Gasteiger partial charge in [-0.25, -0.2) is 9.40 Å². The van der Waals surface area contributed by atoms with Crippen molar-refractivity contribution in [3.63, 3.8) is 0 Å². The summed E-state index contributed by atoms with van der Waals surface area (Å²) in [6.45, 7) is 3.15. The summed E-state index contributed by atoms with van der Waals surface area (Å²) >= 11 is 12.4. The van der Waals surface area contributed by atoms with Crippen LogP contribution in [-0.4, -0.2) is 24.2 Å². The van der Waals surface area contributed by atoms with Crippen molar-refractivity contribution >= 4 is 23.4 Å². The first-order valence-corrected chi connectivity index (χ1v) is 10.4. The Morgan fingerprint density at radius 2 is 1.79 bits per heavy atom. The molecule has 2 aromatic heterocycles. The van der Waals surface area contributed by atoms with Crippen LogP contribution in [0, 0.1) is 6.92 Å². The van der Waals surface area contributed by atoms with Crippen molar-refractivity contribution in [2.75, 3.05) is 0 Å². The summed E-state index contributed by atoms with van der Waals surface area (Å²) in [6.07, 6.45) is 4.06. The van der Waals surface area contributed by atoms with Gasteiger partial charge in [-0.05, 0) is 67.6 Å². The molecule has 1 aliphatic heterocycles. The summed E-state index contributed by atoms with van der Waals surface area (Å²) in [5.41, 5.74) is 3.09. The zero-order valence-corrected chi connectivity index (χ0v) is 17.1. The third kappa shape index (κ3) is 3.13. The molecule has 28 heavy (non-hydrogen) atoms.